The number of hydrogen-bond acceptors (Lipinski definition) is 5. The number of nitrogens with one attached hydrogen (secondary N) is 2. The number of ether oxygens (including phenoxy) is 1. The van der Waals surface area contributed by atoms with E-state index in [0.29, 0.717) is 44.6 Å². The van der Waals surface area contributed by atoms with Crippen molar-refractivity contribution < 1.29 is 19.1 Å². The second-order valence-corrected chi connectivity index (χ2v) is 9.28. The molecule has 0 aliphatic carbocycles. The van der Waals surface area contributed by atoms with Gasteiger partial charge in [-0.15, -0.1) is 0 Å². The number of hydrogen-bond donors (Lipinski definition) is 2. The van der Waals surface area contributed by atoms with Crippen molar-refractivity contribution in [1.29, 1.82) is 0 Å². The van der Waals surface area contributed by atoms with Crippen LogP contribution in [0.2, 0.25) is 0 Å². The molecule has 8 heteroatoms. The van der Waals surface area contributed by atoms with E-state index in [1.54, 1.807) is 11.0 Å². The summed E-state index contributed by atoms with van der Waals surface area (Å²) < 4.78 is 6.18. The van der Waals surface area contributed by atoms with Gasteiger partial charge in [0.2, 0.25) is 11.8 Å². The van der Waals surface area contributed by atoms with Crippen LogP contribution in [-0.2, 0) is 14.3 Å². The highest BCUT2D eigenvalue weighted by Gasteiger charge is 2.67. The number of piperidine rings is 1. The third-order valence-electron chi connectivity index (χ3n) is 7.67. The molecule has 1 aromatic carbocycles. The molecule has 0 radical (unpaired) electrons. The van der Waals surface area contributed by atoms with Gasteiger partial charge < -0.3 is 25.2 Å². The van der Waals surface area contributed by atoms with Crippen molar-refractivity contribution in [3.8, 4) is 0 Å². The summed E-state index contributed by atoms with van der Waals surface area (Å²) in [7, 11) is 0. The Balaban J connectivity index is 1.19. The van der Waals surface area contributed by atoms with Gasteiger partial charge >= 0.3 is 0 Å². The van der Waals surface area contributed by atoms with Crippen molar-refractivity contribution in [3.05, 3.63) is 42.0 Å². The highest BCUT2D eigenvalue weighted by molar-refractivity contribution is 6.02. The van der Waals surface area contributed by atoms with Gasteiger partial charge in [0.05, 0.1) is 30.0 Å². The predicted octanol–water partition coefficient (Wildman–Crippen LogP) is 0.963. The highest BCUT2D eigenvalue weighted by Crippen LogP contribution is 2.52. The zero-order chi connectivity index (χ0) is 21.4. The maximum absolute atomic E-state index is 13.5. The molecule has 3 fully saturated rings. The summed E-state index contributed by atoms with van der Waals surface area (Å²) in [5, 5.41) is 6.60. The summed E-state index contributed by atoms with van der Waals surface area (Å²) in [6, 6.07) is 7.48. The number of likely N-dealkylation sites (N-methyl/N-ethyl adjacent to an activating group) is 1. The number of para-hydroxylation sites is 1. The number of anilines is 1. The molecule has 5 heterocycles. The minimum Gasteiger partial charge on any atom is -0.362 e. The second-order valence-electron chi connectivity index (χ2n) is 9.28. The molecule has 4 atom stereocenters. The van der Waals surface area contributed by atoms with Crippen molar-refractivity contribution in [3.63, 3.8) is 0 Å². The normalized spacial score (nSPS) is 34.5. The van der Waals surface area contributed by atoms with Crippen LogP contribution >= 0.6 is 0 Å². The van der Waals surface area contributed by atoms with Crippen LogP contribution in [0, 0.1) is 11.8 Å². The Labute approximate surface area is 180 Å². The maximum atomic E-state index is 13.5. The van der Waals surface area contributed by atoms with E-state index in [2.05, 4.69) is 10.6 Å². The molecule has 8 nitrogen and oxygen atoms in total. The first-order valence-corrected chi connectivity index (χ1v) is 11.1. The van der Waals surface area contributed by atoms with Crippen LogP contribution in [0.1, 0.15) is 30.1 Å². The lowest BCUT2D eigenvalue weighted by Crippen LogP contribution is -2.63. The second kappa shape index (κ2) is 6.32. The van der Waals surface area contributed by atoms with Gasteiger partial charge in [-0.3, -0.25) is 14.4 Å². The molecule has 2 bridgehead atoms. The minimum atomic E-state index is -0.641. The standard InChI is InChI=1S/C23H26N4O4/c1-2-26-13-22-8-7-16(31-22)17(18(22)21(26)30)20(29)27-11-9-23(10-12-27)24-15-6-4-3-5-14(15)19(28)25-23/h3-8,16-18,24H,2,9-13H2,1H3,(H,25,28). The van der Waals surface area contributed by atoms with Gasteiger partial charge in [-0.1, -0.05) is 24.3 Å². The largest absolute Gasteiger partial charge is 0.362 e. The minimum absolute atomic E-state index is 0.00934. The molecule has 162 valence electrons. The number of rotatable bonds is 2. The number of fused-ring (bicyclic) bond motifs is 2. The molecule has 3 saturated heterocycles. The van der Waals surface area contributed by atoms with Crippen LogP contribution in [-0.4, -0.2) is 71.1 Å². The van der Waals surface area contributed by atoms with Gasteiger partial charge in [-0.2, -0.15) is 0 Å². The predicted molar refractivity (Wildman–Crippen MR) is 112 cm³/mol. The van der Waals surface area contributed by atoms with E-state index < -0.39 is 23.1 Å². The van der Waals surface area contributed by atoms with E-state index in [1.807, 2.05) is 42.2 Å². The number of carbonyl (C=O) groups is 3. The lowest BCUT2D eigenvalue weighted by molar-refractivity contribution is -0.144. The molecular formula is C23H26N4O4. The molecule has 2 spiro atoms. The molecular weight excluding hydrogens is 396 g/mol. The first kappa shape index (κ1) is 18.9. The lowest BCUT2D eigenvalue weighted by Gasteiger charge is -2.46. The summed E-state index contributed by atoms with van der Waals surface area (Å²) in [5.41, 5.74) is 0.285. The molecule has 5 aliphatic heterocycles. The molecule has 4 unspecified atom stereocenters. The maximum Gasteiger partial charge on any atom is 0.255 e. The van der Waals surface area contributed by atoms with Crippen LogP contribution in [0.3, 0.4) is 0 Å². The third-order valence-corrected chi connectivity index (χ3v) is 7.67. The Bertz CT molecular complexity index is 1010. The smallest absolute Gasteiger partial charge is 0.255 e. The molecule has 0 saturated carbocycles. The van der Waals surface area contributed by atoms with Crippen molar-refractivity contribution in [1.82, 2.24) is 15.1 Å². The lowest BCUT2D eigenvalue weighted by atomic mass is 9.76. The van der Waals surface area contributed by atoms with Crippen LogP contribution < -0.4 is 10.6 Å². The average molecular weight is 422 g/mol. The van der Waals surface area contributed by atoms with Crippen molar-refractivity contribution in [2.45, 2.75) is 37.1 Å². The number of likely N-dealkylation sites (tertiary alicyclic amines) is 2. The summed E-state index contributed by atoms with van der Waals surface area (Å²) in [6.07, 6.45) is 4.84. The summed E-state index contributed by atoms with van der Waals surface area (Å²) in [5.74, 6) is -0.953. The number of amides is 3. The van der Waals surface area contributed by atoms with E-state index in [1.165, 1.54) is 0 Å². The fraction of sp³-hybridized carbons (Fsp3) is 0.522. The van der Waals surface area contributed by atoms with Crippen LogP contribution in [0.4, 0.5) is 5.69 Å². The molecule has 31 heavy (non-hydrogen) atoms. The molecule has 1 aromatic rings. The Morgan fingerprint density at radius 2 is 1.97 bits per heavy atom. The van der Waals surface area contributed by atoms with Gasteiger partial charge in [0.1, 0.15) is 11.3 Å². The first-order chi connectivity index (χ1) is 15.0. The van der Waals surface area contributed by atoms with Gasteiger partial charge in [0.15, 0.2) is 0 Å². The fourth-order valence-corrected chi connectivity index (χ4v) is 6.06. The van der Waals surface area contributed by atoms with Gasteiger partial charge in [0, 0.05) is 38.2 Å². The Kier molecular flexibility index (Phi) is 3.85. The van der Waals surface area contributed by atoms with E-state index in [0.717, 1.165) is 5.69 Å². The summed E-state index contributed by atoms with van der Waals surface area (Å²) in [4.78, 5) is 42.7. The number of nitrogens with zero attached hydrogens (tertiary/aromatic N) is 2. The van der Waals surface area contributed by atoms with Gasteiger partial charge in [-0.25, -0.2) is 0 Å². The monoisotopic (exact) mass is 422 g/mol. The zero-order valence-corrected chi connectivity index (χ0v) is 17.5. The van der Waals surface area contributed by atoms with Gasteiger partial charge in [-0.05, 0) is 19.1 Å². The molecule has 3 amide bonds. The summed E-state index contributed by atoms with van der Waals surface area (Å²) in [6.45, 7) is 4.15. The SMILES string of the molecule is CCN1CC23C=CC(O2)C(C(=O)N2CCC4(CC2)NC(=O)c2ccccc2N4)C3C1=O. The first-order valence-electron chi connectivity index (χ1n) is 11.1. The highest BCUT2D eigenvalue weighted by atomic mass is 16.5. The summed E-state index contributed by atoms with van der Waals surface area (Å²) >= 11 is 0. The fourth-order valence-electron chi connectivity index (χ4n) is 6.06. The topological polar surface area (TPSA) is 91.0 Å². The molecule has 0 aromatic heterocycles. The molecule has 6 rings (SSSR count). The van der Waals surface area contributed by atoms with E-state index in [4.69, 9.17) is 4.74 Å². The van der Waals surface area contributed by atoms with Gasteiger partial charge in [0.25, 0.3) is 5.91 Å². The van der Waals surface area contributed by atoms with E-state index in [-0.39, 0.29) is 23.8 Å². The Morgan fingerprint density at radius 3 is 2.74 bits per heavy atom. The third kappa shape index (κ3) is 2.54. The van der Waals surface area contributed by atoms with Crippen LogP contribution in [0.25, 0.3) is 0 Å². The van der Waals surface area contributed by atoms with E-state index >= 15 is 0 Å². The number of benzene rings is 1. The Morgan fingerprint density at radius 1 is 1.19 bits per heavy atom. The van der Waals surface area contributed by atoms with E-state index in [9.17, 15) is 14.4 Å². The van der Waals surface area contributed by atoms with Crippen LogP contribution in [0.5, 0.6) is 0 Å². The zero-order valence-electron chi connectivity index (χ0n) is 17.5. The average Bonchev–Trinajstić information content (AvgIpc) is 3.42. The van der Waals surface area contributed by atoms with Crippen LogP contribution in [0.15, 0.2) is 36.4 Å². The quantitative estimate of drug-likeness (QED) is 0.693. The Hall–Kier alpha value is -2.87. The molecule has 5 aliphatic rings. The van der Waals surface area contributed by atoms with Crippen molar-refractivity contribution in [2.24, 2.45) is 11.8 Å². The van der Waals surface area contributed by atoms with Crippen molar-refractivity contribution >= 4 is 23.4 Å². The molecule has 2 N–H and O–H groups in total. The van der Waals surface area contributed by atoms with Crippen molar-refractivity contribution in [2.75, 3.05) is 31.5 Å². The number of carbonyl (C=O) groups excluding carboxylic acids is 3.